The summed E-state index contributed by atoms with van der Waals surface area (Å²) >= 11 is 6.31. The molecule has 0 saturated carbocycles. The highest BCUT2D eigenvalue weighted by Gasteiger charge is 2.14. The molecule has 0 radical (unpaired) electrons. The standard InChI is InChI=1S/C19H13ClN6/c20-13-6-1-2-7-14(13)23-19-16-9-4-10-26(16)15-8-3-5-12(17(15)24-19)18-21-11-22-25-18/h1-11H,(H,23,24)(H,21,22,25). The summed E-state index contributed by atoms with van der Waals surface area (Å²) in [7, 11) is 0. The molecule has 5 rings (SSSR count). The third-order valence-electron chi connectivity index (χ3n) is 4.29. The topological polar surface area (TPSA) is 70.9 Å². The Bertz CT molecular complexity index is 1230. The van der Waals surface area contributed by atoms with Crippen molar-refractivity contribution >= 4 is 39.7 Å². The predicted octanol–water partition coefficient (Wildman–Crippen LogP) is 4.67. The van der Waals surface area contributed by atoms with Crippen molar-refractivity contribution in [3.05, 3.63) is 72.1 Å². The maximum atomic E-state index is 6.31. The Kier molecular flexibility index (Phi) is 3.36. The molecule has 0 bridgehead atoms. The Labute approximate surface area is 153 Å². The molecule has 5 aromatic rings. The number of aromatic nitrogens is 5. The van der Waals surface area contributed by atoms with E-state index in [1.165, 1.54) is 6.33 Å². The predicted molar refractivity (Wildman–Crippen MR) is 103 cm³/mol. The third-order valence-corrected chi connectivity index (χ3v) is 4.62. The first-order valence-electron chi connectivity index (χ1n) is 8.08. The molecule has 3 heterocycles. The summed E-state index contributed by atoms with van der Waals surface area (Å²) < 4.78 is 2.10. The molecular weight excluding hydrogens is 348 g/mol. The van der Waals surface area contributed by atoms with Gasteiger partial charge in [-0.05, 0) is 36.4 Å². The Hall–Kier alpha value is -3.38. The number of halogens is 1. The van der Waals surface area contributed by atoms with E-state index < -0.39 is 0 Å². The zero-order valence-corrected chi connectivity index (χ0v) is 14.3. The summed E-state index contributed by atoms with van der Waals surface area (Å²) in [6, 6.07) is 17.6. The SMILES string of the molecule is Clc1ccccc1Nc1nc2c(-c3ncn[nH]3)cccc2n2cccc12. The van der Waals surface area contributed by atoms with Crippen LogP contribution in [0.4, 0.5) is 11.5 Å². The molecule has 0 aliphatic carbocycles. The van der Waals surface area contributed by atoms with Crippen molar-refractivity contribution in [2.45, 2.75) is 0 Å². The number of fused-ring (bicyclic) bond motifs is 3. The number of hydrogen-bond donors (Lipinski definition) is 2. The van der Waals surface area contributed by atoms with Gasteiger partial charge in [0.25, 0.3) is 0 Å². The maximum absolute atomic E-state index is 6.31. The van der Waals surface area contributed by atoms with E-state index >= 15 is 0 Å². The van der Waals surface area contributed by atoms with Crippen molar-refractivity contribution in [2.24, 2.45) is 0 Å². The van der Waals surface area contributed by atoms with Gasteiger partial charge in [0.2, 0.25) is 0 Å². The zero-order valence-electron chi connectivity index (χ0n) is 13.5. The molecule has 0 fully saturated rings. The monoisotopic (exact) mass is 360 g/mol. The van der Waals surface area contributed by atoms with Crippen molar-refractivity contribution in [1.29, 1.82) is 0 Å². The Morgan fingerprint density at radius 1 is 0.962 bits per heavy atom. The summed E-state index contributed by atoms with van der Waals surface area (Å²) in [5.41, 5.74) is 4.47. The fourth-order valence-corrected chi connectivity index (χ4v) is 3.29. The number of H-pyrrole nitrogens is 1. The molecule has 2 N–H and O–H groups in total. The van der Waals surface area contributed by atoms with Gasteiger partial charge in [-0.1, -0.05) is 29.8 Å². The molecule has 0 spiro atoms. The highest BCUT2D eigenvalue weighted by Crippen LogP contribution is 2.31. The van der Waals surface area contributed by atoms with Crippen molar-refractivity contribution in [2.75, 3.05) is 5.32 Å². The van der Waals surface area contributed by atoms with E-state index in [4.69, 9.17) is 16.6 Å². The van der Waals surface area contributed by atoms with Crippen molar-refractivity contribution in [1.82, 2.24) is 24.6 Å². The molecule has 0 aliphatic rings. The van der Waals surface area contributed by atoms with Crippen molar-refractivity contribution < 1.29 is 0 Å². The minimum Gasteiger partial charge on any atom is -0.337 e. The smallest absolute Gasteiger partial charge is 0.157 e. The van der Waals surface area contributed by atoms with Gasteiger partial charge in [0, 0.05) is 11.8 Å². The summed E-state index contributed by atoms with van der Waals surface area (Å²) in [5.74, 6) is 1.40. The minimum atomic E-state index is 0.641. The Balaban J connectivity index is 1.79. The van der Waals surface area contributed by atoms with Crippen LogP contribution in [0.2, 0.25) is 5.02 Å². The average Bonchev–Trinajstić information content (AvgIpc) is 3.35. The van der Waals surface area contributed by atoms with Crippen molar-refractivity contribution in [3.8, 4) is 11.4 Å². The van der Waals surface area contributed by atoms with E-state index in [0.717, 1.165) is 33.6 Å². The van der Waals surface area contributed by atoms with E-state index in [0.29, 0.717) is 10.8 Å². The number of para-hydroxylation sites is 2. The van der Waals surface area contributed by atoms with Crippen LogP contribution in [-0.4, -0.2) is 24.6 Å². The van der Waals surface area contributed by atoms with Crippen LogP contribution in [0, 0.1) is 0 Å². The van der Waals surface area contributed by atoms with Gasteiger partial charge in [-0.15, -0.1) is 0 Å². The van der Waals surface area contributed by atoms with Crippen LogP contribution in [-0.2, 0) is 0 Å². The number of aromatic amines is 1. The first kappa shape index (κ1) is 14.9. The van der Waals surface area contributed by atoms with Crippen LogP contribution in [0.3, 0.4) is 0 Å². The van der Waals surface area contributed by atoms with Gasteiger partial charge in [0.15, 0.2) is 11.6 Å². The summed E-state index contributed by atoms with van der Waals surface area (Å²) in [5, 5.41) is 10.9. The lowest BCUT2D eigenvalue weighted by Gasteiger charge is -2.13. The van der Waals surface area contributed by atoms with Gasteiger partial charge >= 0.3 is 0 Å². The molecule has 7 heteroatoms. The van der Waals surface area contributed by atoms with E-state index in [9.17, 15) is 0 Å². The number of anilines is 2. The third kappa shape index (κ3) is 2.31. The first-order chi connectivity index (χ1) is 12.8. The summed E-state index contributed by atoms with van der Waals surface area (Å²) in [6.07, 6.45) is 3.51. The van der Waals surface area contributed by atoms with Crippen LogP contribution in [0.15, 0.2) is 67.1 Å². The number of nitrogens with one attached hydrogen (secondary N) is 2. The molecule has 0 saturated heterocycles. The van der Waals surface area contributed by atoms with Gasteiger partial charge in [-0.25, -0.2) is 9.97 Å². The van der Waals surface area contributed by atoms with E-state index in [2.05, 4.69) is 24.9 Å². The minimum absolute atomic E-state index is 0.641. The van der Waals surface area contributed by atoms with Crippen LogP contribution in [0.25, 0.3) is 27.9 Å². The normalized spacial score (nSPS) is 11.3. The van der Waals surface area contributed by atoms with Gasteiger partial charge in [-0.3, -0.25) is 5.10 Å². The second kappa shape index (κ2) is 5.86. The molecular formula is C19H13ClN6. The van der Waals surface area contributed by atoms with E-state index in [1.807, 2.05) is 60.8 Å². The number of nitrogens with zero attached hydrogens (tertiary/aromatic N) is 4. The molecule has 0 aliphatic heterocycles. The lowest BCUT2D eigenvalue weighted by atomic mass is 10.1. The zero-order chi connectivity index (χ0) is 17.5. The first-order valence-corrected chi connectivity index (χ1v) is 8.46. The van der Waals surface area contributed by atoms with Gasteiger partial charge < -0.3 is 9.72 Å². The fraction of sp³-hybridized carbons (Fsp3) is 0. The molecule has 6 nitrogen and oxygen atoms in total. The maximum Gasteiger partial charge on any atom is 0.157 e. The van der Waals surface area contributed by atoms with Crippen LogP contribution in [0.1, 0.15) is 0 Å². The molecule has 2 aromatic carbocycles. The highest BCUT2D eigenvalue weighted by atomic mass is 35.5. The van der Waals surface area contributed by atoms with Gasteiger partial charge in [-0.2, -0.15) is 5.10 Å². The van der Waals surface area contributed by atoms with E-state index in [-0.39, 0.29) is 0 Å². The highest BCUT2D eigenvalue weighted by molar-refractivity contribution is 6.33. The van der Waals surface area contributed by atoms with Crippen molar-refractivity contribution in [3.63, 3.8) is 0 Å². The van der Waals surface area contributed by atoms with Gasteiger partial charge in [0.1, 0.15) is 11.8 Å². The number of hydrogen-bond acceptors (Lipinski definition) is 4. The second-order valence-corrected chi connectivity index (χ2v) is 6.24. The fourth-order valence-electron chi connectivity index (χ4n) is 3.10. The van der Waals surface area contributed by atoms with Crippen LogP contribution >= 0.6 is 11.6 Å². The average molecular weight is 361 g/mol. The van der Waals surface area contributed by atoms with Gasteiger partial charge in [0.05, 0.1) is 21.7 Å². The summed E-state index contributed by atoms with van der Waals surface area (Å²) in [4.78, 5) is 9.16. The number of rotatable bonds is 3. The summed E-state index contributed by atoms with van der Waals surface area (Å²) in [6.45, 7) is 0. The Morgan fingerprint density at radius 2 is 1.85 bits per heavy atom. The quantitative estimate of drug-likeness (QED) is 0.490. The molecule has 0 unspecified atom stereocenters. The lowest BCUT2D eigenvalue weighted by molar-refractivity contribution is 1.09. The van der Waals surface area contributed by atoms with Crippen LogP contribution < -0.4 is 5.32 Å². The number of benzene rings is 2. The molecule has 3 aromatic heterocycles. The Morgan fingerprint density at radius 3 is 2.69 bits per heavy atom. The lowest BCUT2D eigenvalue weighted by Crippen LogP contribution is -2.00. The van der Waals surface area contributed by atoms with E-state index in [1.54, 1.807) is 0 Å². The largest absolute Gasteiger partial charge is 0.337 e. The second-order valence-electron chi connectivity index (χ2n) is 5.84. The molecule has 0 amide bonds. The molecule has 26 heavy (non-hydrogen) atoms. The molecule has 0 atom stereocenters. The van der Waals surface area contributed by atoms with Crippen LogP contribution in [0.5, 0.6) is 0 Å². The molecule has 126 valence electrons.